The molecule has 2 aliphatic rings. The number of carboxylic acids is 1. The Morgan fingerprint density at radius 1 is 1.03 bits per heavy atom. The van der Waals surface area contributed by atoms with E-state index in [1.807, 2.05) is 47.1 Å². The quantitative estimate of drug-likeness (QED) is 0.299. The first-order valence-electron chi connectivity index (χ1n) is 13.3. The number of benzene rings is 3. The Morgan fingerprint density at radius 2 is 1.84 bits per heavy atom. The molecule has 0 aliphatic heterocycles. The first kappa shape index (κ1) is 24.2. The number of rotatable bonds is 7. The summed E-state index contributed by atoms with van der Waals surface area (Å²) >= 11 is 0. The Morgan fingerprint density at radius 3 is 2.58 bits per heavy atom. The first-order chi connectivity index (χ1) is 18.4. The number of aryl methyl sites for hydroxylation is 1. The zero-order valence-electron chi connectivity index (χ0n) is 21.5. The molecule has 6 nitrogen and oxygen atoms in total. The zero-order chi connectivity index (χ0) is 26.2. The van der Waals surface area contributed by atoms with Crippen LogP contribution in [0.25, 0.3) is 28.1 Å². The largest absolute Gasteiger partial charge is 0.478 e. The molecule has 0 spiro atoms. The molecule has 1 N–H and O–H groups in total. The van der Waals surface area contributed by atoms with Crippen LogP contribution in [0.5, 0.6) is 0 Å². The molecule has 1 amide bonds. The van der Waals surface area contributed by atoms with Crippen LogP contribution in [-0.2, 0) is 23.2 Å². The van der Waals surface area contributed by atoms with Crippen LogP contribution in [0.4, 0.5) is 5.69 Å². The average Bonchev–Trinajstić information content (AvgIpc) is 3.67. The topological polar surface area (TPSA) is 75.4 Å². The minimum Gasteiger partial charge on any atom is -0.478 e. The van der Waals surface area contributed by atoms with Crippen molar-refractivity contribution in [3.05, 3.63) is 90.1 Å². The Balaban J connectivity index is 1.28. The second kappa shape index (κ2) is 9.93. The maximum Gasteiger partial charge on any atom is 0.328 e. The second-order valence-corrected chi connectivity index (χ2v) is 10.7. The SMILES string of the molecule is Cn1ncc2cc(-c3ccc(CN(C(=O)[C@H]4C[C@H]5CC[C@@H]4C5)c4cccc(C=CC(=O)O)c4)cc3)ccc21. The molecule has 3 atom stereocenters. The van der Waals surface area contributed by atoms with Crippen LogP contribution < -0.4 is 4.90 Å². The highest BCUT2D eigenvalue weighted by atomic mass is 16.4. The van der Waals surface area contributed by atoms with Crippen molar-refractivity contribution in [3.8, 4) is 11.1 Å². The maximum atomic E-state index is 13.9. The zero-order valence-corrected chi connectivity index (χ0v) is 21.5. The summed E-state index contributed by atoms with van der Waals surface area (Å²) in [5.74, 6) is 0.417. The highest BCUT2D eigenvalue weighted by molar-refractivity contribution is 5.96. The Hall–Kier alpha value is -4.19. The number of anilines is 1. The van der Waals surface area contributed by atoms with E-state index in [4.69, 9.17) is 5.11 Å². The molecule has 6 heteroatoms. The van der Waals surface area contributed by atoms with Gasteiger partial charge in [-0.25, -0.2) is 4.79 Å². The number of hydrogen-bond acceptors (Lipinski definition) is 3. The minimum absolute atomic E-state index is 0.0671. The van der Waals surface area contributed by atoms with Gasteiger partial charge in [-0.3, -0.25) is 9.48 Å². The highest BCUT2D eigenvalue weighted by Crippen LogP contribution is 2.49. The van der Waals surface area contributed by atoms with Crippen molar-refractivity contribution in [1.82, 2.24) is 9.78 Å². The van der Waals surface area contributed by atoms with Gasteiger partial charge < -0.3 is 10.0 Å². The van der Waals surface area contributed by atoms with Crippen LogP contribution >= 0.6 is 0 Å². The molecule has 0 saturated heterocycles. The molecule has 2 bridgehead atoms. The van der Waals surface area contributed by atoms with E-state index in [2.05, 4.69) is 47.6 Å². The second-order valence-electron chi connectivity index (χ2n) is 10.7. The van der Waals surface area contributed by atoms with Crippen molar-refractivity contribution in [2.24, 2.45) is 24.8 Å². The van der Waals surface area contributed by atoms with Crippen LogP contribution in [-0.4, -0.2) is 26.8 Å². The van der Waals surface area contributed by atoms with Gasteiger partial charge in [0.1, 0.15) is 0 Å². The van der Waals surface area contributed by atoms with Crippen molar-refractivity contribution < 1.29 is 14.7 Å². The average molecular weight is 506 g/mol. The van der Waals surface area contributed by atoms with Gasteiger partial charge in [0.2, 0.25) is 5.91 Å². The van der Waals surface area contributed by atoms with E-state index in [0.717, 1.165) is 57.8 Å². The van der Waals surface area contributed by atoms with Gasteiger partial charge in [0, 0.05) is 30.1 Å². The Labute approximate surface area is 222 Å². The number of carbonyl (C=O) groups is 2. The summed E-state index contributed by atoms with van der Waals surface area (Å²) in [7, 11) is 1.94. The predicted molar refractivity (Wildman–Crippen MR) is 149 cm³/mol. The Kier molecular flexibility index (Phi) is 6.32. The van der Waals surface area contributed by atoms with Crippen molar-refractivity contribution in [3.63, 3.8) is 0 Å². The lowest BCUT2D eigenvalue weighted by atomic mass is 9.87. The molecule has 0 unspecified atom stereocenters. The molecule has 3 aromatic carbocycles. The molecular weight excluding hydrogens is 474 g/mol. The number of carboxylic acid groups (broad SMARTS) is 1. The third-order valence-electron chi connectivity index (χ3n) is 8.30. The number of aliphatic carboxylic acids is 1. The van der Waals surface area contributed by atoms with Gasteiger partial charge in [-0.2, -0.15) is 5.10 Å². The number of fused-ring (bicyclic) bond motifs is 3. The van der Waals surface area contributed by atoms with E-state index in [0.29, 0.717) is 18.4 Å². The summed E-state index contributed by atoms with van der Waals surface area (Å²) in [6.45, 7) is 0.473. The summed E-state index contributed by atoms with van der Waals surface area (Å²) < 4.78 is 1.87. The van der Waals surface area contributed by atoms with Crippen molar-refractivity contribution in [2.45, 2.75) is 32.2 Å². The number of hydrogen-bond donors (Lipinski definition) is 1. The lowest BCUT2D eigenvalue weighted by molar-refractivity contribution is -0.131. The maximum absolute atomic E-state index is 13.9. The Bertz CT molecular complexity index is 1540. The van der Waals surface area contributed by atoms with E-state index in [-0.39, 0.29) is 11.8 Å². The number of amides is 1. The number of carbonyl (C=O) groups excluding carboxylic acids is 1. The van der Waals surface area contributed by atoms with Gasteiger partial charge in [0.05, 0.1) is 18.3 Å². The van der Waals surface area contributed by atoms with E-state index in [9.17, 15) is 9.59 Å². The summed E-state index contributed by atoms with van der Waals surface area (Å²) in [6.07, 6.45) is 9.12. The first-order valence-corrected chi connectivity index (χ1v) is 13.3. The van der Waals surface area contributed by atoms with E-state index in [1.165, 1.54) is 12.8 Å². The van der Waals surface area contributed by atoms with Crippen LogP contribution in [0.15, 0.2) is 79.0 Å². The normalized spacial score (nSPS) is 20.4. The van der Waals surface area contributed by atoms with Gasteiger partial charge in [-0.05, 0) is 83.7 Å². The monoisotopic (exact) mass is 505 g/mol. The smallest absolute Gasteiger partial charge is 0.328 e. The van der Waals surface area contributed by atoms with Crippen LogP contribution in [0.1, 0.15) is 36.8 Å². The van der Waals surface area contributed by atoms with Crippen molar-refractivity contribution >= 4 is 34.5 Å². The molecule has 1 aromatic heterocycles. The molecule has 2 fully saturated rings. The molecule has 0 radical (unpaired) electrons. The van der Waals surface area contributed by atoms with Gasteiger partial charge in [-0.15, -0.1) is 0 Å². The van der Waals surface area contributed by atoms with Crippen molar-refractivity contribution in [1.29, 1.82) is 0 Å². The molecule has 1 heterocycles. The lowest BCUT2D eigenvalue weighted by Crippen LogP contribution is -2.38. The van der Waals surface area contributed by atoms with Gasteiger partial charge >= 0.3 is 5.97 Å². The third kappa shape index (κ3) is 4.74. The molecule has 38 heavy (non-hydrogen) atoms. The summed E-state index contributed by atoms with van der Waals surface area (Å²) in [4.78, 5) is 26.9. The number of nitrogens with zero attached hydrogens (tertiary/aromatic N) is 3. The molecular formula is C32H31N3O3. The van der Waals surface area contributed by atoms with E-state index < -0.39 is 5.97 Å². The van der Waals surface area contributed by atoms with Crippen LogP contribution in [0.2, 0.25) is 0 Å². The lowest BCUT2D eigenvalue weighted by Gasteiger charge is -2.30. The summed E-state index contributed by atoms with van der Waals surface area (Å²) in [5, 5.41) is 14.5. The fourth-order valence-corrected chi connectivity index (χ4v) is 6.34. The van der Waals surface area contributed by atoms with E-state index >= 15 is 0 Å². The molecule has 6 rings (SSSR count). The minimum atomic E-state index is -0.993. The van der Waals surface area contributed by atoms with Gasteiger partial charge in [0.15, 0.2) is 0 Å². The van der Waals surface area contributed by atoms with Crippen LogP contribution in [0, 0.1) is 17.8 Å². The summed E-state index contributed by atoms with van der Waals surface area (Å²) in [6, 6.07) is 22.4. The van der Waals surface area contributed by atoms with Gasteiger partial charge in [-0.1, -0.05) is 48.9 Å². The fraction of sp³-hybridized carbons (Fsp3) is 0.281. The molecule has 2 saturated carbocycles. The van der Waals surface area contributed by atoms with Gasteiger partial charge in [0.25, 0.3) is 0 Å². The predicted octanol–water partition coefficient (Wildman–Crippen LogP) is 6.31. The summed E-state index contributed by atoms with van der Waals surface area (Å²) in [5.41, 5.74) is 5.96. The standard InChI is InChI=1S/C32H31N3O3/c1-34-30-13-12-25(18-27(30)19-33-34)24-9-5-22(6-10-24)20-35(32(38)29-17-23-7-11-26(29)15-23)28-4-2-3-21(16-28)8-14-31(36)37/h2-6,8-10,12-14,16,18-19,23,26,29H,7,11,15,17,20H2,1H3,(H,36,37)/t23-,26+,29-/m0/s1. The van der Waals surface area contributed by atoms with Crippen molar-refractivity contribution in [2.75, 3.05) is 4.90 Å². The molecule has 192 valence electrons. The molecule has 4 aromatic rings. The molecule has 2 aliphatic carbocycles. The van der Waals surface area contributed by atoms with E-state index in [1.54, 1.807) is 6.08 Å². The van der Waals surface area contributed by atoms with Crippen LogP contribution in [0.3, 0.4) is 0 Å². The number of aromatic nitrogens is 2. The fourth-order valence-electron chi connectivity index (χ4n) is 6.34. The highest BCUT2D eigenvalue weighted by Gasteiger charge is 2.44. The third-order valence-corrected chi connectivity index (χ3v) is 8.30.